The second kappa shape index (κ2) is 4.28. The van der Waals surface area contributed by atoms with Crippen molar-refractivity contribution in [1.29, 1.82) is 0 Å². The zero-order valence-corrected chi connectivity index (χ0v) is 12.6. The summed E-state index contributed by atoms with van der Waals surface area (Å²) < 4.78 is 2.18. The number of allylic oxidation sites excluding steroid dienone is 3. The maximum Gasteiger partial charge on any atom is 0.119 e. The second-order valence-corrected chi connectivity index (χ2v) is 8.04. The Morgan fingerprint density at radius 3 is 2.50 bits per heavy atom. The summed E-state index contributed by atoms with van der Waals surface area (Å²) in [5.41, 5.74) is 0. The number of alkyl halides is 2. The average molecular weight is 424 g/mol. The molecule has 0 aromatic carbocycles. The highest BCUT2D eigenvalue weighted by Crippen LogP contribution is 2.52. The van der Waals surface area contributed by atoms with Gasteiger partial charge in [0.15, 0.2) is 0 Å². The molecule has 0 nitrogen and oxygen atoms in total. The van der Waals surface area contributed by atoms with Crippen LogP contribution in [0.15, 0.2) is 21.6 Å². The quantitative estimate of drug-likeness (QED) is 0.408. The molecule has 1 aliphatic carbocycles. The van der Waals surface area contributed by atoms with Gasteiger partial charge >= 0.3 is 0 Å². The van der Waals surface area contributed by atoms with E-state index in [2.05, 4.69) is 70.3 Å². The number of hydrogen-bond donors (Lipinski definition) is 0. The Labute approximate surface area is 106 Å². The highest BCUT2D eigenvalue weighted by Gasteiger charge is 2.38. The minimum atomic E-state index is -0.168. The summed E-state index contributed by atoms with van der Waals surface area (Å²) in [6, 6.07) is 0. The van der Waals surface area contributed by atoms with E-state index in [1.807, 2.05) is 6.08 Å². The zero-order valence-electron chi connectivity index (χ0n) is 6.29. The first-order valence-corrected chi connectivity index (χ1v) is 6.72. The van der Waals surface area contributed by atoms with Crippen molar-refractivity contribution in [2.45, 2.75) is 16.1 Å². The van der Waals surface area contributed by atoms with Crippen molar-refractivity contribution in [3.63, 3.8) is 0 Å². The Bertz CT molecular complexity index is 229. The van der Waals surface area contributed by atoms with Gasteiger partial charge in [0.05, 0.1) is 0 Å². The molecule has 0 N–H and O–H groups in total. The van der Waals surface area contributed by atoms with E-state index in [1.54, 1.807) is 0 Å². The van der Waals surface area contributed by atoms with Crippen LogP contribution >= 0.6 is 63.7 Å². The lowest BCUT2D eigenvalue weighted by atomic mass is 9.94. The normalized spacial score (nSPS) is 28.8. The van der Waals surface area contributed by atoms with Crippen LogP contribution in [0.3, 0.4) is 0 Å². The minimum Gasteiger partial charge on any atom is -0.103 e. The van der Waals surface area contributed by atoms with Gasteiger partial charge < -0.3 is 0 Å². The number of halogens is 4. The van der Waals surface area contributed by atoms with Crippen LogP contribution in [0, 0.1) is 5.92 Å². The molecule has 1 rings (SSSR count). The van der Waals surface area contributed by atoms with E-state index >= 15 is 0 Å². The number of hydrogen-bond acceptors (Lipinski definition) is 0. The van der Waals surface area contributed by atoms with Crippen molar-refractivity contribution in [2.75, 3.05) is 0 Å². The van der Waals surface area contributed by atoms with E-state index in [4.69, 9.17) is 0 Å². The molecular weight excluding hydrogens is 416 g/mol. The Morgan fingerprint density at radius 1 is 1.42 bits per heavy atom. The summed E-state index contributed by atoms with van der Waals surface area (Å²) >= 11 is 14.3. The molecule has 0 fully saturated rings. The monoisotopic (exact) mass is 420 g/mol. The predicted molar refractivity (Wildman–Crippen MR) is 68.4 cm³/mol. The van der Waals surface area contributed by atoms with Gasteiger partial charge in [-0.2, -0.15) is 0 Å². The molecule has 0 aromatic rings. The summed E-state index contributed by atoms with van der Waals surface area (Å²) in [5, 5.41) is 0. The lowest BCUT2D eigenvalue weighted by Crippen LogP contribution is -2.27. The Hall–Kier alpha value is 1.40. The lowest BCUT2D eigenvalue weighted by Gasteiger charge is -2.33. The summed E-state index contributed by atoms with van der Waals surface area (Å²) in [7, 11) is 0. The van der Waals surface area contributed by atoms with E-state index in [-0.39, 0.29) is 3.23 Å². The Kier molecular flexibility index (Phi) is 4.09. The summed E-state index contributed by atoms with van der Waals surface area (Å²) in [6.45, 7) is 3.82. The molecule has 0 bridgehead atoms. The molecular formula is C8H8Br4. The SMILES string of the molecule is C=CC1CCC(Br)=C(Br)C1(Br)Br. The molecule has 1 atom stereocenters. The van der Waals surface area contributed by atoms with Gasteiger partial charge in [-0.3, -0.25) is 0 Å². The fourth-order valence-corrected chi connectivity index (χ4v) is 4.06. The molecule has 0 aliphatic heterocycles. The first-order valence-electron chi connectivity index (χ1n) is 3.55. The minimum absolute atomic E-state index is 0.168. The summed E-state index contributed by atoms with van der Waals surface area (Å²) in [5.74, 6) is 0.424. The third kappa shape index (κ3) is 2.07. The topological polar surface area (TPSA) is 0 Å². The second-order valence-electron chi connectivity index (χ2n) is 2.72. The maximum absolute atomic E-state index is 3.82. The van der Waals surface area contributed by atoms with Crippen molar-refractivity contribution in [3.8, 4) is 0 Å². The standard InChI is InChI=1S/C8H8Br4/c1-2-5-3-4-6(9)7(10)8(5,11)12/h2,5H,1,3-4H2. The van der Waals surface area contributed by atoms with Crippen LogP contribution in [0.2, 0.25) is 0 Å². The molecule has 12 heavy (non-hydrogen) atoms. The third-order valence-electron chi connectivity index (χ3n) is 1.96. The van der Waals surface area contributed by atoms with Crippen LogP contribution in [-0.4, -0.2) is 3.23 Å². The Balaban J connectivity index is 3.02. The van der Waals surface area contributed by atoms with E-state index < -0.39 is 0 Å². The van der Waals surface area contributed by atoms with Gasteiger partial charge in [0.25, 0.3) is 0 Å². The molecule has 1 unspecified atom stereocenters. The van der Waals surface area contributed by atoms with E-state index in [0.717, 1.165) is 17.3 Å². The van der Waals surface area contributed by atoms with Crippen LogP contribution in [0.1, 0.15) is 12.8 Å². The van der Waals surface area contributed by atoms with Gasteiger partial charge in [0, 0.05) is 14.9 Å². The molecule has 4 heteroatoms. The van der Waals surface area contributed by atoms with E-state index in [9.17, 15) is 0 Å². The first kappa shape index (κ1) is 11.5. The Morgan fingerprint density at radius 2 is 2.00 bits per heavy atom. The molecule has 0 heterocycles. The van der Waals surface area contributed by atoms with Crippen molar-refractivity contribution >= 4 is 63.7 Å². The molecule has 1 aliphatic rings. The lowest BCUT2D eigenvalue weighted by molar-refractivity contribution is 0.576. The van der Waals surface area contributed by atoms with Gasteiger partial charge in [-0.05, 0) is 12.8 Å². The highest BCUT2D eigenvalue weighted by molar-refractivity contribution is 9.26. The average Bonchev–Trinajstić information content (AvgIpc) is 2.01. The molecule has 0 radical (unpaired) electrons. The number of rotatable bonds is 1. The van der Waals surface area contributed by atoms with Crippen LogP contribution in [0.4, 0.5) is 0 Å². The van der Waals surface area contributed by atoms with Crippen molar-refractivity contribution < 1.29 is 0 Å². The molecule has 0 amide bonds. The molecule has 68 valence electrons. The van der Waals surface area contributed by atoms with Crippen LogP contribution < -0.4 is 0 Å². The first-order chi connectivity index (χ1) is 5.50. The van der Waals surface area contributed by atoms with Gasteiger partial charge in [0.2, 0.25) is 0 Å². The maximum atomic E-state index is 3.82. The molecule has 0 saturated heterocycles. The molecule has 0 spiro atoms. The van der Waals surface area contributed by atoms with Crippen molar-refractivity contribution in [1.82, 2.24) is 0 Å². The fourth-order valence-electron chi connectivity index (χ4n) is 1.18. The van der Waals surface area contributed by atoms with Crippen LogP contribution in [-0.2, 0) is 0 Å². The van der Waals surface area contributed by atoms with E-state index in [0.29, 0.717) is 5.92 Å². The predicted octanol–water partition coefficient (Wildman–Crippen LogP) is 5.07. The van der Waals surface area contributed by atoms with Gasteiger partial charge in [-0.1, -0.05) is 69.8 Å². The smallest absolute Gasteiger partial charge is 0.103 e. The zero-order chi connectivity index (χ0) is 9.35. The van der Waals surface area contributed by atoms with Crippen LogP contribution in [0.5, 0.6) is 0 Å². The van der Waals surface area contributed by atoms with Crippen LogP contribution in [0.25, 0.3) is 0 Å². The summed E-state index contributed by atoms with van der Waals surface area (Å²) in [4.78, 5) is 0. The van der Waals surface area contributed by atoms with Crippen molar-refractivity contribution in [3.05, 3.63) is 21.6 Å². The van der Waals surface area contributed by atoms with Gasteiger partial charge in [-0.15, -0.1) is 6.58 Å². The van der Waals surface area contributed by atoms with Gasteiger partial charge in [0.1, 0.15) is 3.23 Å². The largest absolute Gasteiger partial charge is 0.119 e. The van der Waals surface area contributed by atoms with Gasteiger partial charge in [-0.25, -0.2) is 0 Å². The molecule has 0 saturated carbocycles. The third-order valence-corrected chi connectivity index (χ3v) is 7.42. The van der Waals surface area contributed by atoms with Crippen molar-refractivity contribution in [2.24, 2.45) is 5.92 Å². The fraction of sp³-hybridized carbons (Fsp3) is 0.500. The summed E-state index contributed by atoms with van der Waals surface area (Å²) in [6.07, 6.45) is 4.15. The highest BCUT2D eigenvalue weighted by atomic mass is 79.9. The molecule has 0 aromatic heterocycles. The van der Waals surface area contributed by atoms with E-state index in [1.165, 1.54) is 4.48 Å².